The van der Waals surface area contributed by atoms with Crippen LogP contribution in [0.2, 0.25) is 0 Å². The molecule has 0 N–H and O–H groups in total. The van der Waals surface area contributed by atoms with E-state index in [4.69, 9.17) is 0 Å². The molecule has 5 nitrogen and oxygen atoms in total. The SMILES string of the molecule is Cc1nn(C)cc1CN1CCC(C(Cc2ccccc2)N(C)C(=O)c2cccs2)CC1. The predicted octanol–water partition coefficient (Wildman–Crippen LogP) is 4.39. The molecule has 1 unspecified atom stereocenters. The second kappa shape index (κ2) is 9.79. The number of carbonyl (C=O) groups is 1. The molecule has 164 valence electrons. The lowest BCUT2D eigenvalue weighted by Crippen LogP contribution is -2.47. The molecular formula is C25H32N4OS. The van der Waals surface area contributed by atoms with Crippen LogP contribution in [0.25, 0.3) is 0 Å². The molecule has 1 aliphatic rings. The maximum atomic E-state index is 13.1. The molecule has 1 aliphatic heterocycles. The average Bonchev–Trinajstić information content (AvgIpc) is 3.42. The number of likely N-dealkylation sites (N-methyl/N-ethyl adjacent to an activating group) is 1. The standard InChI is InChI=1S/C25H32N4OS/c1-19-22(17-27(2)26-19)18-29-13-11-21(12-14-29)23(16-20-8-5-4-6-9-20)28(3)25(30)24-10-7-15-31-24/h4-10,15,17,21,23H,11-14,16,18H2,1-3H3. The first-order valence-corrected chi connectivity index (χ1v) is 12.0. The Morgan fingerprint density at radius 3 is 2.55 bits per heavy atom. The Kier molecular flexibility index (Phi) is 6.88. The fourth-order valence-electron chi connectivity index (χ4n) is 4.74. The van der Waals surface area contributed by atoms with E-state index >= 15 is 0 Å². The van der Waals surface area contributed by atoms with E-state index in [1.54, 1.807) is 0 Å². The van der Waals surface area contributed by atoms with E-state index in [1.807, 2.05) is 41.2 Å². The minimum atomic E-state index is 0.143. The summed E-state index contributed by atoms with van der Waals surface area (Å²) in [6.45, 7) is 5.17. The number of hydrogen-bond acceptors (Lipinski definition) is 4. The summed E-state index contributed by atoms with van der Waals surface area (Å²) in [5.41, 5.74) is 3.73. The van der Waals surface area contributed by atoms with E-state index in [9.17, 15) is 4.79 Å². The van der Waals surface area contributed by atoms with Crippen molar-refractivity contribution < 1.29 is 4.79 Å². The van der Waals surface area contributed by atoms with Gasteiger partial charge in [0, 0.05) is 38.4 Å². The number of benzene rings is 1. The van der Waals surface area contributed by atoms with Gasteiger partial charge in [-0.05, 0) is 62.2 Å². The van der Waals surface area contributed by atoms with E-state index in [0.717, 1.165) is 49.5 Å². The molecule has 1 saturated heterocycles. The lowest BCUT2D eigenvalue weighted by atomic mass is 9.84. The minimum absolute atomic E-state index is 0.143. The van der Waals surface area contributed by atoms with Crippen LogP contribution >= 0.6 is 11.3 Å². The van der Waals surface area contributed by atoms with Gasteiger partial charge in [-0.2, -0.15) is 5.10 Å². The normalized spacial score (nSPS) is 16.4. The van der Waals surface area contributed by atoms with Gasteiger partial charge in [-0.3, -0.25) is 14.4 Å². The lowest BCUT2D eigenvalue weighted by Gasteiger charge is -2.40. The Morgan fingerprint density at radius 1 is 1.19 bits per heavy atom. The van der Waals surface area contributed by atoms with Crippen LogP contribution < -0.4 is 0 Å². The molecule has 1 amide bonds. The summed E-state index contributed by atoms with van der Waals surface area (Å²) in [4.78, 5) is 18.5. The molecule has 4 rings (SSSR count). The summed E-state index contributed by atoms with van der Waals surface area (Å²) in [5, 5.41) is 6.46. The average molecular weight is 437 g/mol. The maximum absolute atomic E-state index is 13.1. The van der Waals surface area contributed by atoms with E-state index in [2.05, 4.69) is 53.5 Å². The Bertz CT molecular complexity index is 974. The van der Waals surface area contributed by atoms with E-state index in [1.165, 1.54) is 22.5 Å². The van der Waals surface area contributed by atoms with Crippen molar-refractivity contribution in [3.8, 4) is 0 Å². The summed E-state index contributed by atoms with van der Waals surface area (Å²) < 4.78 is 1.90. The Hall–Kier alpha value is -2.44. The lowest BCUT2D eigenvalue weighted by molar-refractivity contribution is 0.0589. The molecule has 0 saturated carbocycles. The van der Waals surface area contributed by atoms with Gasteiger partial charge in [-0.1, -0.05) is 36.4 Å². The molecule has 0 spiro atoms. The Labute approximate surface area is 189 Å². The van der Waals surface area contributed by atoms with E-state index in [0.29, 0.717) is 5.92 Å². The van der Waals surface area contributed by atoms with Crippen molar-refractivity contribution in [1.82, 2.24) is 19.6 Å². The number of piperidine rings is 1. The maximum Gasteiger partial charge on any atom is 0.263 e. The van der Waals surface area contributed by atoms with Crippen LogP contribution in [0.4, 0.5) is 0 Å². The van der Waals surface area contributed by atoms with Crippen LogP contribution in [0, 0.1) is 12.8 Å². The fourth-order valence-corrected chi connectivity index (χ4v) is 5.45. The van der Waals surface area contributed by atoms with Gasteiger partial charge in [0.1, 0.15) is 0 Å². The first-order valence-electron chi connectivity index (χ1n) is 11.1. The molecule has 3 aromatic rings. The van der Waals surface area contributed by atoms with Crippen molar-refractivity contribution >= 4 is 17.2 Å². The molecule has 3 heterocycles. The largest absolute Gasteiger partial charge is 0.337 e. The third kappa shape index (κ3) is 5.25. The van der Waals surface area contributed by atoms with Gasteiger partial charge < -0.3 is 4.90 Å². The van der Waals surface area contributed by atoms with Crippen LogP contribution in [0.3, 0.4) is 0 Å². The van der Waals surface area contributed by atoms with Crippen LogP contribution in [0.5, 0.6) is 0 Å². The van der Waals surface area contributed by atoms with Gasteiger partial charge in [-0.15, -0.1) is 11.3 Å². The molecule has 31 heavy (non-hydrogen) atoms. The number of nitrogens with zero attached hydrogens (tertiary/aromatic N) is 4. The molecule has 0 radical (unpaired) electrons. The minimum Gasteiger partial charge on any atom is -0.337 e. The number of aryl methyl sites for hydroxylation is 2. The summed E-state index contributed by atoms with van der Waals surface area (Å²) in [5.74, 6) is 0.643. The highest BCUT2D eigenvalue weighted by molar-refractivity contribution is 7.12. The summed E-state index contributed by atoms with van der Waals surface area (Å²) >= 11 is 1.53. The predicted molar refractivity (Wildman–Crippen MR) is 126 cm³/mol. The second-order valence-electron chi connectivity index (χ2n) is 8.68. The van der Waals surface area contributed by atoms with Crippen molar-refractivity contribution in [2.75, 3.05) is 20.1 Å². The monoisotopic (exact) mass is 436 g/mol. The first-order chi connectivity index (χ1) is 15.0. The van der Waals surface area contributed by atoms with Crippen molar-refractivity contribution in [2.24, 2.45) is 13.0 Å². The van der Waals surface area contributed by atoms with Crippen LogP contribution in [-0.2, 0) is 20.0 Å². The highest BCUT2D eigenvalue weighted by Gasteiger charge is 2.32. The van der Waals surface area contributed by atoms with Crippen molar-refractivity contribution in [2.45, 2.75) is 38.8 Å². The topological polar surface area (TPSA) is 41.4 Å². The number of carbonyl (C=O) groups excluding carboxylic acids is 1. The first kappa shape index (κ1) is 21.8. The Morgan fingerprint density at radius 2 is 1.94 bits per heavy atom. The third-order valence-electron chi connectivity index (χ3n) is 6.52. The van der Waals surface area contributed by atoms with E-state index in [-0.39, 0.29) is 11.9 Å². The van der Waals surface area contributed by atoms with Crippen LogP contribution in [0.1, 0.15) is 39.3 Å². The zero-order valence-corrected chi connectivity index (χ0v) is 19.5. The molecular weight excluding hydrogens is 404 g/mol. The number of amides is 1. The molecule has 0 bridgehead atoms. The van der Waals surface area contributed by atoms with Crippen molar-refractivity contribution in [3.63, 3.8) is 0 Å². The van der Waals surface area contributed by atoms with E-state index < -0.39 is 0 Å². The van der Waals surface area contributed by atoms with Gasteiger partial charge >= 0.3 is 0 Å². The summed E-state index contributed by atoms with van der Waals surface area (Å²) in [6, 6.07) is 14.7. The van der Waals surface area contributed by atoms with Crippen LogP contribution in [0.15, 0.2) is 54.0 Å². The van der Waals surface area contributed by atoms with Gasteiger partial charge in [0.05, 0.1) is 10.6 Å². The van der Waals surface area contributed by atoms with Gasteiger partial charge in [0.15, 0.2) is 0 Å². The molecule has 1 fully saturated rings. The quantitative estimate of drug-likeness (QED) is 0.552. The highest BCUT2D eigenvalue weighted by atomic mass is 32.1. The second-order valence-corrected chi connectivity index (χ2v) is 9.63. The smallest absolute Gasteiger partial charge is 0.263 e. The molecule has 6 heteroatoms. The number of thiophene rings is 1. The number of aromatic nitrogens is 2. The molecule has 1 aromatic carbocycles. The van der Waals surface area contributed by atoms with Crippen molar-refractivity contribution in [3.05, 3.63) is 75.7 Å². The van der Waals surface area contributed by atoms with Gasteiger partial charge in [0.2, 0.25) is 0 Å². The molecule has 1 atom stereocenters. The van der Waals surface area contributed by atoms with Crippen molar-refractivity contribution in [1.29, 1.82) is 0 Å². The zero-order chi connectivity index (χ0) is 21.8. The number of likely N-dealkylation sites (tertiary alicyclic amines) is 1. The zero-order valence-electron chi connectivity index (χ0n) is 18.7. The fraction of sp³-hybridized carbons (Fsp3) is 0.440. The number of rotatable bonds is 7. The molecule has 0 aliphatic carbocycles. The highest BCUT2D eigenvalue weighted by Crippen LogP contribution is 2.28. The Balaban J connectivity index is 1.45. The summed E-state index contributed by atoms with van der Waals surface area (Å²) in [6.07, 6.45) is 5.26. The third-order valence-corrected chi connectivity index (χ3v) is 7.38. The van der Waals surface area contributed by atoms with Crippen LogP contribution in [-0.4, -0.2) is 51.7 Å². The van der Waals surface area contributed by atoms with Gasteiger partial charge in [0.25, 0.3) is 5.91 Å². The van der Waals surface area contributed by atoms with Gasteiger partial charge in [-0.25, -0.2) is 0 Å². The summed E-state index contributed by atoms with van der Waals surface area (Å²) in [7, 11) is 3.97. The molecule has 2 aromatic heterocycles. The number of hydrogen-bond donors (Lipinski definition) is 0.